The summed E-state index contributed by atoms with van der Waals surface area (Å²) < 4.78 is 0. The molecular weight excluding hydrogens is 272 g/mol. The van der Waals surface area contributed by atoms with Gasteiger partial charge in [0.05, 0.1) is 16.6 Å². The van der Waals surface area contributed by atoms with Gasteiger partial charge in [0.2, 0.25) is 0 Å². The lowest BCUT2D eigenvalue weighted by Crippen LogP contribution is -2.32. The zero-order chi connectivity index (χ0) is 14.5. The van der Waals surface area contributed by atoms with E-state index in [2.05, 4.69) is 31.1 Å². The molecule has 20 heavy (non-hydrogen) atoms. The van der Waals surface area contributed by atoms with Crippen LogP contribution in [0.5, 0.6) is 0 Å². The molecule has 1 aromatic rings. The summed E-state index contributed by atoms with van der Waals surface area (Å²) in [6, 6.07) is 0.665. The van der Waals surface area contributed by atoms with Gasteiger partial charge in [0.25, 0.3) is 0 Å². The maximum atomic E-state index is 11.3. The molecule has 0 spiro atoms. The zero-order valence-corrected chi connectivity index (χ0v) is 13.1. The summed E-state index contributed by atoms with van der Waals surface area (Å²) in [6.45, 7) is 7.34. The first kappa shape index (κ1) is 14.0. The molecule has 0 radical (unpaired) electrons. The van der Waals surface area contributed by atoms with Gasteiger partial charge in [0.15, 0.2) is 0 Å². The number of hydrogen-bond acceptors (Lipinski definition) is 4. The summed E-state index contributed by atoms with van der Waals surface area (Å²) in [5.41, 5.74) is 1.19. The monoisotopic (exact) mass is 294 g/mol. The van der Waals surface area contributed by atoms with Crippen LogP contribution in [0.4, 0.5) is 0 Å². The number of carboxylic acids is 1. The van der Waals surface area contributed by atoms with Gasteiger partial charge in [0, 0.05) is 29.4 Å². The van der Waals surface area contributed by atoms with Crippen LogP contribution >= 0.6 is 11.3 Å². The Morgan fingerprint density at radius 3 is 2.80 bits per heavy atom. The van der Waals surface area contributed by atoms with Crippen molar-refractivity contribution in [2.75, 3.05) is 0 Å². The molecule has 0 aliphatic carbocycles. The Bertz CT molecular complexity index is 520. The van der Waals surface area contributed by atoms with Gasteiger partial charge in [-0.3, -0.25) is 9.69 Å². The molecule has 4 nitrogen and oxygen atoms in total. The van der Waals surface area contributed by atoms with E-state index in [1.165, 1.54) is 0 Å². The summed E-state index contributed by atoms with van der Waals surface area (Å²) in [6.07, 6.45) is 2.98. The van der Waals surface area contributed by atoms with Crippen LogP contribution in [0.1, 0.15) is 50.7 Å². The van der Waals surface area contributed by atoms with E-state index < -0.39 is 5.97 Å². The van der Waals surface area contributed by atoms with Crippen LogP contribution in [0.15, 0.2) is 5.38 Å². The SMILES string of the molecule is CC(C)(C)c1nc(CN2C3CCC2C(C(=O)O)C3)cs1. The van der Waals surface area contributed by atoms with Gasteiger partial charge in [-0.25, -0.2) is 4.98 Å². The first-order chi connectivity index (χ1) is 9.36. The fourth-order valence-electron chi connectivity index (χ4n) is 3.52. The molecule has 0 aromatic carbocycles. The quantitative estimate of drug-likeness (QED) is 0.931. The van der Waals surface area contributed by atoms with Crippen LogP contribution in [0.3, 0.4) is 0 Å². The summed E-state index contributed by atoms with van der Waals surface area (Å²) in [5.74, 6) is -0.801. The molecule has 0 saturated carbocycles. The van der Waals surface area contributed by atoms with Crippen LogP contribution < -0.4 is 0 Å². The molecule has 3 heterocycles. The minimum absolute atomic E-state index is 0.0938. The van der Waals surface area contributed by atoms with Crippen molar-refractivity contribution in [3.05, 3.63) is 16.1 Å². The highest BCUT2D eigenvalue weighted by Gasteiger charge is 2.49. The van der Waals surface area contributed by atoms with Crippen molar-refractivity contribution >= 4 is 17.3 Å². The van der Waals surface area contributed by atoms with Gasteiger partial charge < -0.3 is 5.11 Å². The average molecular weight is 294 g/mol. The van der Waals surface area contributed by atoms with Crippen LogP contribution in [-0.4, -0.2) is 33.0 Å². The number of nitrogens with zero attached hydrogens (tertiary/aromatic N) is 2. The van der Waals surface area contributed by atoms with Crippen molar-refractivity contribution in [1.82, 2.24) is 9.88 Å². The van der Waals surface area contributed by atoms with Crippen molar-refractivity contribution < 1.29 is 9.90 Å². The lowest BCUT2D eigenvalue weighted by atomic mass is 9.89. The third-order valence-electron chi connectivity index (χ3n) is 4.54. The molecule has 0 amide bonds. The Labute approximate surface area is 123 Å². The van der Waals surface area contributed by atoms with Crippen molar-refractivity contribution in [2.45, 2.75) is 64.1 Å². The summed E-state index contributed by atoms with van der Waals surface area (Å²) >= 11 is 1.72. The highest BCUT2D eigenvalue weighted by molar-refractivity contribution is 7.09. The number of hydrogen-bond donors (Lipinski definition) is 1. The van der Waals surface area contributed by atoms with Crippen LogP contribution in [0.25, 0.3) is 0 Å². The Hall–Kier alpha value is -0.940. The smallest absolute Gasteiger partial charge is 0.308 e. The number of thiazole rings is 1. The number of fused-ring (bicyclic) bond motifs is 2. The molecule has 2 bridgehead atoms. The largest absolute Gasteiger partial charge is 0.481 e. The Balaban J connectivity index is 1.73. The summed E-state index contributed by atoms with van der Waals surface area (Å²) in [4.78, 5) is 18.4. The minimum Gasteiger partial charge on any atom is -0.481 e. The second-order valence-corrected chi connectivity index (χ2v) is 7.90. The van der Waals surface area contributed by atoms with Gasteiger partial charge >= 0.3 is 5.97 Å². The minimum atomic E-state index is -0.629. The van der Waals surface area contributed by atoms with Crippen LogP contribution in [0.2, 0.25) is 0 Å². The highest BCUT2D eigenvalue weighted by Crippen LogP contribution is 2.42. The maximum Gasteiger partial charge on any atom is 0.308 e. The lowest BCUT2D eigenvalue weighted by Gasteiger charge is -2.21. The maximum absolute atomic E-state index is 11.3. The van der Waals surface area contributed by atoms with Crippen LogP contribution in [0, 0.1) is 5.92 Å². The Morgan fingerprint density at radius 2 is 2.25 bits per heavy atom. The number of aromatic nitrogens is 1. The fourth-order valence-corrected chi connectivity index (χ4v) is 4.42. The molecule has 1 N–H and O–H groups in total. The van der Waals surface area contributed by atoms with Gasteiger partial charge in [0.1, 0.15) is 0 Å². The predicted molar refractivity (Wildman–Crippen MR) is 78.9 cm³/mol. The molecule has 5 heteroatoms. The fraction of sp³-hybridized carbons (Fsp3) is 0.733. The van der Waals surface area contributed by atoms with Gasteiger partial charge in [-0.05, 0) is 19.3 Å². The third-order valence-corrected chi connectivity index (χ3v) is 5.85. The summed E-state index contributed by atoms with van der Waals surface area (Å²) in [7, 11) is 0. The van der Waals surface area contributed by atoms with E-state index in [9.17, 15) is 9.90 Å². The van der Waals surface area contributed by atoms with E-state index in [0.29, 0.717) is 6.04 Å². The lowest BCUT2D eigenvalue weighted by molar-refractivity contribution is -0.142. The van der Waals surface area contributed by atoms with E-state index in [1.54, 1.807) is 11.3 Å². The molecular formula is C15H22N2O2S. The van der Waals surface area contributed by atoms with Crippen molar-refractivity contribution in [2.24, 2.45) is 5.92 Å². The number of carbonyl (C=O) groups is 1. The Kier molecular flexibility index (Phi) is 3.37. The van der Waals surface area contributed by atoms with Crippen molar-refractivity contribution in [3.8, 4) is 0 Å². The molecule has 2 fully saturated rings. The molecule has 110 valence electrons. The summed E-state index contributed by atoms with van der Waals surface area (Å²) in [5, 5.41) is 12.6. The second-order valence-electron chi connectivity index (χ2n) is 7.05. The molecule has 2 saturated heterocycles. The second kappa shape index (κ2) is 4.81. The average Bonchev–Trinajstić information content (AvgIpc) is 3.04. The van der Waals surface area contributed by atoms with E-state index in [-0.39, 0.29) is 17.4 Å². The number of rotatable bonds is 3. The molecule has 3 rings (SSSR count). The molecule has 1 aromatic heterocycles. The Morgan fingerprint density at radius 1 is 1.50 bits per heavy atom. The van der Waals surface area contributed by atoms with Gasteiger partial charge in [-0.15, -0.1) is 11.3 Å². The standard InChI is InChI=1S/C15H22N2O2S/c1-15(2,3)14-16-9(8-20-14)7-17-10-4-5-12(17)11(6-10)13(18)19/h8,10-12H,4-7H2,1-3H3,(H,18,19). The normalized spacial score (nSPS) is 30.1. The number of carboxylic acid groups (broad SMARTS) is 1. The van der Waals surface area contributed by atoms with Crippen molar-refractivity contribution in [3.63, 3.8) is 0 Å². The number of aliphatic carboxylic acids is 1. The molecule has 3 unspecified atom stereocenters. The van der Waals surface area contributed by atoms with E-state index >= 15 is 0 Å². The molecule has 3 atom stereocenters. The first-order valence-corrected chi connectivity index (χ1v) is 8.17. The molecule has 2 aliphatic rings. The predicted octanol–water partition coefficient (Wildman–Crippen LogP) is 2.88. The zero-order valence-electron chi connectivity index (χ0n) is 12.3. The highest BCUT2D eigenvalue weighted by atomic mass is 32.1. The van der Waals surface area contributed by atoms with Gasteiger partial charge in [-0.1, -0.05) is 20.8 Å². The van der Waals surface area contributed by atoms with Crippen molar-refractivity contribution in [1.29, 1.82) is 0 Å². The third kappa shape index (κ3) is 2.37. The molecule has 2 aliphatic heterocycles. The van der Waals surface area contributed by atoms with Crippen LogP contribution in [-0.2, 0) is 16.8 Å². The first-order valence-electron chi connectivity index (χ1n) is 7.29. The van der Waals surface area contributed by atoms with E-state index in [4.69, 9.17) is 4.98 Å². The van der Waals surface area contributed by atoms with Gasteiger partial charge in [-0.2, -0.15) is 0 Å². The van der Waals surface area contributed by atoms with E-state index in [1.807, 2.05) is 0 Å². The van der Waals surface area contributed by atoms with E-state index in [0.717, 1.165) is 36.5 Å². The topological polar surface area (TPSA) is 53.4 Å².